The molecule has 3 rings (SSSR count). The van der Waals surface area contributed by atoms with E-state index in [2.05, 4.69) is 17.4 Å². The Balaban J connectivity index is 1.68. The van der Waals surface area contributed by atoms with Crippen LogP contribution in [0.5, 0.6) is 0 Å². The first-order chi connectivity index (χ1) is 13.5. The molecule has 0 saturated heterocycles. The van der Waals surface area contributed by atoms with Gasteiger partial charge < -0.3 is 20.3 Å². The van der Waals surface area contributed by atoms with Crippen LogP contribution in [0.3, 0.4) is 0 Å². The van der Waals surface area contributed by atoms with Gasteiger partial charge in [0.1, 0.15) is 12.1 Å². The molecule has 0 unspecified atom stereocenters. The van der Waals surface area contributed by atoms with Gasteiger partial charge in [-0.2, -0.15) is 0 Å². The van der Waals surface area contributed by atoms with Crippen molar-refractivity contribution in [1.82, 2.24) is 5.32 Å². The van der Waals surface area contributed by atoms with Crippen molar-refractivity contribution in [3.05, 3.63) is 59.7 Å². The van der Waals surface area contributed by atoms with Gasteiger partial charge in [0.25, 0.3) is 0 Å². The van der Waals surface area contributed by atoms with Gasteiger partial charge in [-0.15, -0.1) is 0 Å². The molecule has 0 aliphatic heterocycles. The van der Waals surface area contributed by atoms with E-state index in [1.807, 2.05) is 36.4 Å². The monoisotopic (exact) mass is 383 g/mol. The summed E-state index contributed by atoms with van der Waals surface area (Å²) < 4.78 is 5.43. The maximum atomic E-state index is 12.3. The molecule has 0 radical (unpaired) electrons. The second-order valence-corrected chi connectivity index (χ2v) is 7.27. The highest BCUT2D eigenvalue weighted by Crippen LogP contribution is 2.44. The largest absolute Gasteiger partial charge is 0.480 e. The third-order valence-electron chi connectivity index (χ3n) is 5.28. The number of hydrogen-bond acceptors (Lipinski definition) is 4. The number of benzene rings is 2. The quantitative estimate of drug-likeness (QED) is 0.606. The number of unbranched alkanes of at least 4 members (excludes halogenated alkanes) is 1. The van der Waals surface area contributed by atoms with Crippen molar-refractivity contribution in [2.45, 2.75) is 37.6 Å². The second-order valence-electron chi connectivity index (χ2n) is 7.27. The SMILES string of the molecule is C[C@@](CCCCO)(NC(=O)OCC1c2ccccc2-c2ccccc21)C(=O)O. The molecule has 0 fully saturated rings. The molecule has 2 aromatic rings. The zero-order valence-corrected chi connectivity index (χ0v) is 15.9. The summed E-state index contributed by atoms with van der Waals surface area (Å²) in [6.07, 6.45) is 0.432. The lowest BCUT2D eigenvalue weighted by atomic mass is 9.95. The van der Waals surface area contributed by atoms with E-state index >= 15 is 0 Å². The molecule has 2 aromatic carbocycles. The topological polar surface area (TPSA) is 95.9 Å². The van der Waals surface area contributed by atoms with Gasteiger partial charge in [-0.25, -0.2) is 9.59 Å². The Hall–Kier alpha value is -2.86. The fourth-order valence-electron chi connectivity index (χ4n) is 3.67. The van der Waals surface area contributed by atoms with E-state index in [4.69, 9.17) is 9.84 Å². The molecule has 148 valence electrons. The Morgan fingerprint density at radius 1 is 1.04 bits per heavy atom. The number of carbonyl (C=O) groups excluding carboxylic acids is 1. The fraction of sp³-hybridized carbons (Fsp3) is 0.364. The minimum atomic E-state index is -1.43. The van der Waals surface area contributed by atoms with Crippen LogP contribution in [0.1, 0.15) is 43.2 Å². The van der Waals surface area contributed by atoms with E-state index < -0.39 is 17.6 Å². The second kappa shape index (κ2) is 8.44. The van der Waals surface area contributed by atoms with Crippen LogP contribution in [0.2, 0.25) is 0 Å². The Morgan fingerprint density at radius 2 is 1.61 bits per heavy atom. The van der Waals surface area contributed by atoms with Crippen LogP contribution in [-0.4, -0.2) is 41.0 Å². The third-order valence-corrected chi connectivity index (χ3v) is 5.28. The minimum Gasteiger partial charge on any atom is -0.480 e. The van der Waals surface area contributed by atoms with Crippen molar-refractivity contribution in [3.8, 4) is 11.1 Å². The number of hydrogen-bond donors (Lipinski definition) is 3. The molecular weight excluding hydrogens is 358 g/mol. The first kappa shape index (κ1) is 19.9. The molecule has 0 aromatic heterocycles. The van der Waals surface area contributed by atoms with Gasteiger partial charge in [0.15, 0.2) is 0 Å². The predicted octanol–water partition coefficient (Wildman–Crippen LogP) is 3.53. The highest BCUT2D eigenvalue weighted by molar-refractivity contribution is 5.84. The molecule has 0 saturated carbocycles. The molecule has 1 atom stereocenters. The molecule has 0 spiro atoms. The summed E-state index contributed by atoms with van der Waals surface area (Å²) in [5, 5.41) is 20.9. The van der Waals surface area contributed by atoms with E-state index in [0.717, 1.165) is 22.3 Å². The number of nitrogens with one attached hydrogen (secondary N) is 1. The smallest absolute Gasteiger partial charge is 0.408 e. The average molecular weight is 383 g/mol. The van der Waals surface area contributed by atoms with Gasteiger partial charge in [0, 0.05) is 12.5 Å². The summed E-state index contributed by atoms with van der Waals surface area (Å²) in [4.78, 5) is 23.9. The highest BCUT2D eigenvalue weighted by Gasteiger charge is 2.35. The van der Waals surface area contributed by atoms with E-state index in [-0.39, 0.29) is 25.6 Å². The van der Waals surface area contributed by atoms with Crippen LogP contribution < -0.4 is 5.32 Å². The van der Waals surface area contributed by atoms with Crippen LogP contribution in [0.4, 0.5) is 4.79 Å². The van der Waals surface area contributed by atoms with Gasteiger partial charge in [0.05, 0.1) is 0 Å². The number of carboxylic acid groups (broad SMARTS) is 1. The van der Waals surface area contributed by atoms with Crippen LogP contribution >= 0.6 is 0 Å². The van der Waals surface area contributed by atoms with Crippen LogP contribution in [0.25, 0.3) is 11.1 Å². The lowest BCUT2D eigenvalue weighted by Gasteiger charge is -2.26. The highest BCUT2D eigenvalue weighted by atomic mass is 16.5. The van der Waals surface area contributed by atoms with Crippen molar-refractivity contribution in [2.75, 3.05) is 13.2 Å². The lowest BCUT2D eigenvalue weighted by Crippen LogP contribution is -2.52. The number of aliphatic hydroxyl groups is 1. The first-order valence-electron chi connectivity index (χ1n) is 9.43. The normalized spacial score (nSPS) is 14.6. The van der Waals surface area contributed by atoms with E-state index in [9.17, 15) is 14.7 Å². The molecule has 3 N–H and O–H groups in total. The number of fused-ring (bicyclic) bond motifs is 3. The number of carboxylic acids is 1. The number of aliphatic hydroxyl groups excluding tert-OH is 1. The summed E-state index contributed by atoms with van der Waals surface area (Å²) >= 11 is 0. The Labute approximate surface area is 164 Å². The maximum absolute atomic E-state index is 12.3. The van der Waals surface area contributed by atoms with Crippen LogP contribution in [0.15, 0.2) is 48.5 Å². The molecule has 1 aliphatic carbocycles. The zero-order chi connectivity index (χ0) is 20.1. The Kier molecular flexibility index (Phi) is 5.99. The first-order valence-corrected chi connectivity index (χ1v) is 9.43. The van der Waals surface area contributed by atoms with Crippen molar-refractivity contribution in [1.29, 1.82) is 0 Å². The summed E-state index contributed by atoms with van der Waals surface area (Å²) in [6.45, 7) is 1.57. The van der Waals surface area contributed by atoms with Gasteiger partial charge >= 0.3 is 12.1 Å². The molecule has 1 aliphatic rings. The van der Waals surface area contributed by atoms with Gasteiger partial charge in [0.2, 0.25) is 0 Å². The van der Waals surface area contributed by atoms with Crippen molar-refractivity contribution in [2.24, 2.45) is 0 Å². The average Bonchev–Trinajstić information content (AvgIpc) is 3.00. The number of rotatable bonds is 8. The van der Waals surface area contributed by atoms with E-state index in [0.29, 0.717) is 12.8 Å². The van der Waals surface area contributed by atoms with Crippen molar-refractivity contribution in [3.63, 3.8) is 0 Å². The molecular formula is C22H25NO5. The maximum Gasteiger partial charge on any atom is 0.408 e. The number of alkyl carbamates (subject to hydrolysis) is 1. The molecule has 6 nitrogen and oxygen atoms in total. The fourth-order valence-corrected chi connectivity index (χ4v) is 3.67. The molecule has 6 heteroatoms. The number of ether oxygens (including phenoxy) is 1. The third kappa shape index (κ3) is 4.02. The van der Waals surface area contributed by atoms with E-state index in [1.165, 1.54) is 6.92 Å². The Bertz CT molecular complexity index is 820. The molecule has 28 heavy (non-hydrogen) atoms. The lowest BCUT2D eigenvalue weighted by molar-refractivity contribution is -0.144. The summed E-state index contributed by atoms with van der Waals surface area (Å²) in [5.74, 6) is -1.21. The predicted molar refractivity (Wildman–Crippen MR) is 105 cm³/mol. The molecule has 1 amide bonds. The van der Waals surface area contributed by atoms with Crippen LogP contribution in [-0.2, 0) is 9.53 Å². The van der Waals surface area contributed by atoms with Gasteiger partial charge in [-0.1, -0.05) is 48.5 Å². The molecule has 0 bridgehead atoms. The number of amides is 1. The van der Waals surface area contributed by atoms with Gasteiger partial charge in [-0.3, -0.25) is 0 Å². The molecule has 0 heterocycles. The van der Waals surface area contributed by atoms with E-state index in [1.54, 1.807) is 0 Å². The number of carbonyl (C=O) groups is 2. The van der Waals surface area contributed by atoms with Crippen molar-refractivity contribution < 1.29 is 24.5 Å². The summed E-state index contributed by atoms with van der Waals surface area (Å²) in [6, 6.07) is 16.0. The van der Waals surface area contributed by atoms with Crippen molar-refractivity contribution >= 4 is 12.1 Å². The van der Waals surface area contributed by atoms with Gasteiger partial charge in [-0.05, 0) is 48.4 Å². The minimum absolute atomic E-state index is 0.0133. The standard InChI is InChI=1S/C22H25NO5/c1-22(20(25)26,12-6-7-13-24)23-21(27)28-14-19-17-10-4-2-8-15(17)16-9-3-5-11-18(16)19/h2-5,8-11,19,24H,6-7,12-14H2,1H3,(H,23,27)(H,25,26)/t22-/m0/s1. The number of aliphatic carboxylic acids is 1. The zero-order valence-electron chi connectivity index (χ0n) is 15.9. The Morgan fingerprint density at radius 3 is 2.14 bits per heavy atom. The summed E-state index contributed by atoms with van der Waals surface area (Å²) in [5.41, 5.74) is 3.02. The summed E-state index contributed by atoms with van der Waals surface area (Å²) in [7, 11) is 0. The van der Waals surface area contributed by atoms with Crippen LogP contribution in [0, 0.1) is 0 Å².